The maximum atomic E-state index is 12.0. The van der Waals surface area contributed by atoms with Gasteiger partial charge in [0.2, 0.25) is 0 Å². The average Bonchev–Trinajstić information content (AvgIpc) is 3.09. The van der Waals surface area contributed by atoms with Crippen molar-refractivity contribution in [1.29, 1.82) is 0 Å². The second-order valence-corrected chi connectivity index (χ2v) is 8.33. The zero-order chi connectivity index (χ0) is 17.2. The Labute approximate surface area is 142 Å². The molecule has 1 aromatic heterocycles. The van der Waals surface area contributed by atoms with Gasteiger partial charge in [-0.2, -0.15) is 5.10 Å². The first-order valence-corrected chi connectivity index (χ1v) is 9.95. The van der Waals surface area contributed by atoms with Gasteiger partial charge in [0.15, 0.2) is 9.84 Å². The molecule has 7 heteroatoms. The average molecular weight is 349 g/mol. The van der Waals surface area contributed by atoms with Crippen LogP contribution in [0.2, 0.25) is 0 Å². The van der Waals surface area contributed by atoms with Crippen molar-refractivity contribution < 1.29 is 13.2 Å². The molecule has 24 heavy (non-hydrogen) atoms. The zero-order valence-electron chi connectivity index (χ0n) is 14.0. The van der Waals surface area contributed by atoms with Crippen molar-refractivity contribution in [3.63, 3.8) is 0 Å². The molecule has 1 fully saturated rings. The summed E-state index contributed by atoms with van der Waals surface area (Å²) in [6.45, 7) is 2.70. The number of piperidine rings is 1. The third kappa shape index (κ3) is 3.79. The Balaban J connectivity index is 1.76. The highest BCUT2D eigenvalue weighted by molar-refractivity contribution is 7.90. The van der Waals surface area contributed by atoms with Gasteiger partial charge in [0, 0.05) is 37.2 Å². The fraction of sp³-hybridized carbons (Fsp3) is 0.471. The summed E-state index contributed by atoms with van der Waals surface area (Å²) in [5, 5.41) is 7.10. The third-order valence-electron chi connectivity index (χ3n) is 4.50. The third-order valence-corrected chi connectivity index (χ3v) is 5.62. The number of aromatic amines is 1. The van der Waals surface area contributed by atoms with Gasteiger partial charge >= 0.3 is 0 Å². The quantitative estimate of drug-likeness (QED) is 0.896. The van der Waals surface area contributed by atoms with Crippen LogP contribution in [0, 0.1) is 0 Å². The van der Waals surface area contributed by atoms with Gasteiger partial charge in [-0.05, 0) is 43.1 Å². The Kier molecular flexibility index (Phi) is 4.91. The van der Waals surface area contributed by atoms with Gasteiger partial charge in [-0.15, -0.1) is 0 Å². The molecule has 1 N–H and O–H groups in total. The van der Waals surface area contributed by atoms with E-state index in [0.29, 0.717) is 11.7 Å². The number of methoxy groups -OCH3 is 1. The van der Waals surface area contributed by atoms with Crippen LogP contribution in [-0.2, 0) is 16.4 Å². The number of nitrogens with zero attached hydrogens (tertiary/aromatic N) is 2. The smallest absolute Gasteiger partial charge is 0.179 e. The summed E-state index contributed by atoms with van der Waals surface area (Å²) >= 11 is 0. The lowest BCUT2D eigenvalue weighted by molar-refractivity contribution is 0.198. The highest BCUT2D eigenvalue weighted by Gasteiger charge is 2.23. The predicted molar refractivity (Wildman–Crippen MR) is 91.9 cm³/mol. The van der Waals surface area contributed by atoms with Crippen LogP contribution in [0.3, 0.4) is 0 Å². The van der Waals surface area contributed by atoms with Gasteiger partial charge in [0.05, 0.1) is 7.11 Å². The Morgan fingerprint density at radius 3 is 2.88 bits per heavy atom. The van der Waals surface area contributed by atoms with Gasteiger partial charge in [0.25, 0.3) is 0 Å². The molecule has 1 atom stereocenters. The van der Waals surface area contributed by atoms with E-state index in [1.54, 1.807) is 18.3 Å². The maximum absolute atomic E-state index is 12.0. The number of hydrogen-bond donors (Lipinski definition) is 1. The zero-order valence-corrected chi connectivity index (χ0v) is 14.8. The number of hydrogen-bond acceptors (Lipinski definition) is 5. The van der Waals surface area contributed by atoms with Gasteiger partial charge in [-0.25, -0.2) is 8.42 Å². The van der Waals surface area contributed by atoms with Crippen LogP contribution in [-0.4, -0.2) is 50.0 Å². The number of nitrogens with one attached hydrogen (secondary N) is 1. The molecule has 0 amide bonds. The van der Waals surface area contributed by atoms with Crippen LogP contribution >= 0.6 is 0 Å². The van der Waals surface area contributed by atoms with E-state index in [1.165, 1.54) is 19.1 Å². The predicted octanol–water partition coefficient (Wildman–Crippen LogP) is 2.20. The van der Waals surface area contributed by atoms with E-state index in [0.717, 1.165) is 38.0 Å². The van der Waals surface area contributed by atoms with E-state index in [9.17, 15) is 8.42 Å². The molecule has 130 valence electrons. The van der Waals surface area contributed by atoms with Crippen molar-refractivity contribution in [3.05, 3.63) is 41.7 Å². The van der Waals surface area contributed by atoms with Crippen molar-refractivity contribution >= 4 is 9.84 Å². The van der Waals surface area contributed by atoms with Gasteiger partial charge < -0.3 is 4.74 Å². The molecule has 2 heterocycles. The number of aromatic nitrogens is 2. The normalized spacial score (nSPS) is 19.3. The number of rotatable bonds is 5. The molecule has 1 aliphatic heterocycles. The lowest BCUT2D eigenvalue weighted by Gasteiger charge is -2.32. The van der Waals surface area contributed by atoms with Gasteiger partial charge in [0.1, 0.15) is 10.6 Å². The molecule has 1 saturated heterocycles. The lowest BCUT2D eigenvalue weighted by atomic mass is 9.94. The van der Waals surface area contributed by atoms with Crippen molar-refractivity contribution in [1.82, 2.24) is 15.1 Å². The summed E-state index contributed by atoms with van der Waals surface area (Å²) in [5.74, 6) is 0.851. The molecule has 0 saturated carbocycles. The summed E-state index contributed by atoms with van der Waals surface area (Å²) in [6, 6.07) is 7.44. The number of benzene rings is 1. The van der Waals surface area contributed by atoms with E-state index in [1.807, 2.05) is 12.1 Å². The van der Waals surface area contributed by atoms with Crippen LogP contribution in [0.5, 0.6) is 5.75 Å². The molecule has 1 unspecified atom stereocenters. The van der Waals surface area contributed by atoms with Gasteiger partial charge in [-0.1, -0.05) is 6.07 Å². The molecule has 0 aliphatic carbocycles. The number of H-pyrrole nitrogens is 1. The first kappa shape index (κ1) is 17.0. The molecule has 0 radical (unpaired) electrons. The van der Waals surface area contributed by atoms with Crippen LogP contribution in [0.25, 0.3) is 0 Å². The highest BCUT2D eigenvalue weighted by atomic mass is 32.2. The van der Waals surface area contributed by atoms with Crippen LogP contribution in [0.1, 0.15) is 30.0 Å². The fourth-order valence-corrected chi connectivity index (χ4v) is 4.20. The molecule has 3 rings (SSSR count). The standard InChI is InChI=1S/C17H23N3O3S/c1-23-16-6-5-13(10-17(16)24(2,21)22)11-20-9-3-4-14(12-20)15-7-8-18-19-15/h5-8,10,14H,3-4,9,11-12H2,1-2H3,(H,18,19). The van der Waals surface area contributed by atoms with Crippen LogP contribution < -0.4 is 4.74 Å². The molecule has 0 bridgehead atoms. The summed E-state index contributed by atoms with van der Waals surface area (Å²) in [4.78, 5) is 2.62. The summed E-state index contributed by atoms with van der Waals surface area (Å²) in [7, 11) is -1.82. The summed E-state index contributed by atoms with van der Waals surface area (Å²) < 4.78 is 29.1. The highest BCUT2D eigenvalue weighted by Crippen LogP contribution is 2.28. The van der Waals surface area contributed by atoms with Crippen molar-refractivity contribution in [2.24, 2.45) is 0 Å². The largest absolute Gasteiger partial charge is 0.495 e. The number of sulfone groups is 1. The Morgan fingerprint density at radius 1 is 1.38 bits per heavy atom. The monoisotopic (exact) mass is 349 g/mol. The molecular weight excluding hydrogens is 326 g/mol. The second kappa shape index (κ2) is 6.94. The van der Waals surface area contributed by atoms with E-state index < -0.39 is 9.84 Å². The van der Waals surface area contributed by atoms with Crippen molar-refractivity contribution in [2.45, 2.75) is 30.2 Å². The molecule has 1 aliphatic rings. The van der Waals surface area contributed by atoms with Crippen molar-refractivity contribution in [2.75, 3.05) is 26.5 Å². The van der Waals surface area contributed by atoms with Crippen molar-refractivity contribution in [3.8, 4) is 5.75 Å². The molecular formula is C17H23N3O3S. The SMILES string of the molecule is COc1ccc(CN2CCCC(c3ccn[nH]3)C2)cc1S(C)(=O)=O. The Bertz CT molecular complexity index is 787. The minimum atomic E-state index is -3.31. The molecule has 6 nitrogen and oxygen atoms in total. The number of ether oxygens (including phenoxy) is 1. The first-order valence-electron chi connectivity index (χ1n) is 8.06. The second-order valence-electron chi connectivity index (χ2n) is 6.34. The summed E-state index contributed by atoms with van der Waals surface area (Å²) in [6.07, 6.45) is 5.27. The maximum Gasteiger partial charge on any atom is 0.179 e. The number of likely N-dealkylation sites (tertiary alicyclic amines) is 1. The van der Waals surface area contributed by atoms with E-state index in [2.05, 4.69) is 15.1 Å². The van der Waals surface area contributed by atoms with E-state index in [-0.39, 0.29) is 4.90 Å². The fourth-order valence-electron chi connectivity index (χ4n) is 3.31. The van der Waals surface area contributed by atoms with Gasteiger partial charge in [-0.3, -0.25) is 10.00 Å². The van der Waals surface area contributed by atoms with E-state index in [4.69, 9.17) is 4.74 Å². The topological polar surface area (TPSA) is 75.3 Å². The lowest BCUT2D eigenvalue weighted by Crippen LogP contribution is -2.34. The van der Waals surface area contributed by atoms with Crippen LogP contribution in [0.15, 0.2) is 35.4 Å². The molecule has 0 spiro atoms. The minimum absolute atomic E-state index is 0.254. The molecule has 1 aromatic carbocycles. The summed E-state index contributed by atoms with van der Waals surface area (Å²) in [5.41, 5.74) is 2.16. The molecule has 2 aromatic rings. The Morgan fingerprint density at radius 2 is 2.21 bits per heavy atom. The van der Waals surface area contributed by atoms with Crippen LogP contribution in [0.4, 0.5) is 0 Å². The minimum Gasteiger partial charge on any atom is -0.495 e. The first-order chi connectivity index (χ1) is 11.5. The van der Waals surface area contributed by atoms with E-state index >= 15 is 0 Å². The Hall–Kier alpha value is -1.86.